The Bertz CT molecular complexity index is 2150. The van der Waals surface area contributed by atoms with Crippen LogP contribution < -0.4 is 4.74 Å². The van der Waals surface area contributed by atoms with E-state index in [0.717, 1.165) is 16.7 Å². The van der Waals surface area contributed by atoms with Gasteiger partial charge in [-0.05, 0) is 55.7 Å². The monoisotopic (exact) mass is 686 g/mol. The standard InChI is InChI=1S/C41H39FN4O5/c1-41(2,3)51-40(49)45-23-21-44(22-24-45)38(47)33-31-15-10-20-43-35(31)37(50-36(28-11-6-4-7-12-28)29-13-8-5-9-14-29)34-32(33)26-46(39(34)48)25-27-16-18-30(42)19-17-27/h4-20,26,36,48H,21-25H2,1-3H3. The molecule has 0 unspecified atom stereocenters. The maximum atomic E-state index is 14.6. The summed E-state index contributed by atoms with van der Waals surface area (Å²) in [5.74, 6) is -0.392. The summed E-state index contributed by atoms with van der Waals surface area (Å²) in [5.41, 5.74) is 2.72. The highest BCUT2D eigenvalue weighted by Gasteiger charge is 2.33. The van der Waals surface area contributed by atoms with E-state index < -0.39 is 17.8 Å². The highest BCUT2D eigenvalue weighted by molar-refractivity contribution is 6.21. The van der Waals surface area contributed by atoms with E-state index >= 15 is 0 Å². The third-order valence-corrected chi connectivity index (χ3v) is 8.98. The fraction of sp³-hybridized carbons (Fsp3) is 0.244. The van der Waals surface area contributed by atoms with E-state index in [9.17, 15) is 19.1 Å². The summed E-state index contributed by atoms with van der Waals surface area (Å²) in [5, 5.41) is 13.4. The lowest BCUT2D eigenvalue weighted by molar-refractivity contribution is 0.0141. The van der Waals surface area contributed by atoms with E-state index in [1.54, 1.807) is 45.0 Å². The molecule has 0 saturated carbocycles. The first-order chi connectivity index (χ1) is 24.6. The van der Waals surface area contributed by atoms with E-state index in [0.29, 0.717) is 59.2 Å². The second-order valence-corrected chi connectivity index (χ2v) is 13.7. The van der Waals surface area contributed by atoms with E-state index in [1.807, 2.05) is 87.5 Å². The molecule has 0 bridgehead atoms. The van der Waals surface area contributed by atoms with Crippen LogP contribution in [0.25, 0.3) is 21.7 Å². The summed E-state index contributed by atoms with van der Waals surface area (Å²) in [4.78, 5) is 35.5. The molecule has 7 rings (SSSR count). The van der Waals surface area contributed by atoms with Gasteiger partial charge in [-0.1, -0.05) is 78.9 Å². The van der Waals surface area contributed by atoms with Crippen molar-refractivity contribution in [2.24, 2.45) is 0 Å². The summed E-state index contributed by atoms with van der Waals surface area (Å²) in [6.45, 7) is 6.90. The molecule has 0 aliphatic carbocycles. The smallest absolute Gasteiger partial charge is 0.410 e. The summed E-state index contributed by atoms with van der Waals surface area (Å²) in [7, 11) is 0. The third-order valence-electron chi connectivity index (χ3n) is 8.98. The van der Waals surface area contributed by atoms with Gasteiger partial charge in [0.1, 0.15) is 23.0 Å². The molecule has 1 fully saturated rings. The number of halogens is 1. The molecule has 0 spiro atoms. The highest BCUT2D eigenvalue weighted by atomic mass is 19.1. The van der Waals surface area contributed by atoms with Gasteiger partial charge in [-0.25, -0.2) is 9.18 Å². The average Bonchev–Trinajstić information content (AvgIpc) is 3.45. The number of carbonyl (C=O) groups is 2. The minimum absolute atomic E-state index is 0.111. The zero-order valence-corrected chi connectivity index (χ0v) is 28.8. The number of piperazine rings is 1. The van der Waals surface area contributed by atoms with Crippen LogP contribution >= 0.6 is 0 Å². The Kier molecular flexibility index (Phi) is 9.08. The molecule has 0 atom stereocenters. The van der Waals surface area contributed by atoms with Gasteiger partial charge in [-0.2, -0.15) is 0 Å². The van der Waals surface area contributed by atoms with E-state index in [2.05, 4.69) is 0 Å². The first-order valence-corrected chi connectivity index (χ1v) is 17.0. The molecule has 51 heavy (non-hydrogen) atoms. The van der Waals surface area contributed by atoms with Crippen LogP contribution in [0.3, 0.4) is 0 Å². The highest BCUT2D eigenvalue weighted by Crippen LogP contribution is 2.46. The van der Waals surface area contributed by atoms with E-state index in [4.69, 9.17) is 14.5 Å². The lowest BCUT2D eigenvalue weighted by atomic mass is 9.98. The number of amides is 2. The number of benzene rings is 4. The van der Waals surface area contributed by atoms with Gasteiger partial charge in [0.2, 0.25) is 5.88 Å². The van der Waals surface area contributed by atoms with Crippen LogP contribution in [0, 0.1) is 5.82 Å². The largest absolute Gasteiger partial charge is 0.494 e. The number of rotatable bonds is 7. The number of nitrogens with zero attached hydrogens (tertiary/aromatic N) is 4. The first kappa shape index (κ1) is 33.6. The number of ether oxygens (including phenoxy) is 2. The van der Waals surface area contributed by atoms with Crippen molar-refractivity contribution in [3.8, 4) is 11.6 Å². The van der Waals surface area contributed by atoms with Crippen LogP contribution in [0.5, 0.6) is 11.6 Å². The summed E-state index contributed by atoms with van der Waals surface area (Å²) >= 11 is 0. The van der Waals surface area contributed by atoms with Crippen molar-refractivity contribution in [3.63, 3.8) is 0 Å². The molecule has 1 aliphatic rings. The van der Waals surface area contributed by atoms with E-state index in [1.165, 1.54) is 12.1 Å². The Balaban J connectivity index is 1.36. The zero-order valence-electron chi connectivity index (χ0n) is 28.8. The number of hydrogen-bond acceptors (Lipinski definition) is 6. The molecule has 1 aliphatic heterocycles. The third kappa shape index (κ3) is 6.94. The second kappa shape index (κ2) is 13.8. The molecule has 1 saturated heterocycles. The number of aromatic hydroxyl groups is 1. The normalized spacial score (nSPS) is 13.6. The fourth-order valence-electron chi connectivity index (χ4n) is 6.54. The van der Waals surface area contributed by atoms with Crippen molar-refractivity contribution in [2.45, 2.75) is 39.0 Å². The number of pyridine rings is 1. The molecule has 2 aromatic heterocycles. The van der Waals surface area contributed by atoms with Gasteiger partial charge in [0.05, 0.1) is 17.5 Å². The molecular weight excluding hydrogens is 647 g/mol. The van der Waals surface area contributed by atoms with Gasteiger partial charge in [-0.15, -0.1) is 0 Å². The Hall–Kier alpha value is -5.90. The Morgan fingerprint density at radius 1 is 0.824 bits per heavy atom. The topological polar surface area (TPSA) is 97.1 Å². The van der Waals surface area contributed by atoms with Crippen molar-refractivity contribution < 1.29 is 28.6 Å². The van der Waals surface area contributed by atoms with Crippen molar-refractivity contribution in [2.75, 3.05) is 26.2 Å². The zero-order chi connectivity index (χ0) is 35.7. The molecule has 3 heterocycles. The SMILES string of the molecule is CC(C)(C)OC(=O)N1CCN(C(=O)c2c3cccnc3c(OC(c3ccccc3)c3ccccc3)c3c(O)n(Cc4ccc(F)cc4)cc23)CC1. The summed E-state index contributed by atoms with van der Waals surface area (Å²) < 4.78 is 28.0. The lowest BCUT2D eigenvalue weighted by Gasteiger charge is -2.36. The predicted octanol–water partition coefficient (Wildman–Crippen LogP) is 7.94. The van der Waals surface area contributed by atoms with Crippen molar-refractivity contribution in [3.05, 3.63) is 138 Å². The first-order valence-electron chi connectivity index (χ1n) is 17.0. The molecule has 260 valence electrons. The maximum Gasteiger partial charge on any atom is 0.410 e. The van der Waals surface area contributed by atoms with E-state index in [-0.39, 0.29) is 24.1 Å². The fourth-order valence-corrected chi connectivity index (χ4v) is 6.54. The van der Waals surface area contributed by atoms with Gasteiger partial charge in [-0.3, -0.25) is 9.78 Å². The summed E-state index contributed by atoms with van der Waals surface area (Å²) in [6.07, 6.45) is 2.41. The van der Waals surface area contributed by atoms with Crippen LogP contribution in [0.1, 0.15) is 53.9 Å². The molecular formula is C41H39FN4O5. The molecule has 9 nitrogen and oxygen atoms in total. The molecule has 2 amide bonds. The minimum Gasteiger partial charge on any atom is -0.494 e. The van der Waals surface area contributed by atoms with Gasteiger partial charge in [0.15, 0.2) is 5.75 Å². The van der Waals surface area contributed by atoms with Crippen LogP contribution in [-0.2, 0) is 11.3 Å². The predicted molar refractivity (Wildman–Crippen MR) is 193 cm³/mol. The second-order valence-electron chi connectivity index (χ2n) is 13.7. The van der Waals surface area contributed by atoms with Crippen LogP contribution in [0.2, 0.25) is 0 Å². The number of aromatic nitrogens is 2. The number of fused-ring (bicyclic) bond motifs is 2. The van der Waals surface area contributed by atoms with Crippen LogP contribution in [0.15, 0.2) is 109 Å². The molecule has 0 radical (unpaired) electrons. The Morgan fingerprint density at radius 2 is 1.43 bits per heavy atom. The number of hydrogen-bond donors (Lipinski definition) is 1. The van der Waals surface area contributed by atoms with Gasteiger partial charge < -0.3 is 28.9 Å². The average molecular weight is 687 g/mol. The van der Waals surface area contributed by atoms with Crippen LogP contribution in [-0.4, -0.2) is 68.2 Å². The summed E-state index contributed by atoms with van der Waals surface area (Å²) in [6, 6.07) is 29.3. The minimum atomic E-state index is -0.630. The maximum absolute atomic E-state index is 14.6. The Morgan fingerprint density at radius 3 is 2.04 bits per heavy atom. The lowest BCUT2D eigenvalue weighted by Crippen LogP contribution is -2.51. The van der Waals surface area contributed by atoms with Crippen molar-refractivity contribution in [1.82, 2.24) is 19.4 Å². The molecule has 4 aromatic carbocycles. The van der Waals surface area contributed by atoms with Gasteiger partial charge >= 0.3 is 6.09 Å². The molecule has 10 heteroatoms. The van der Waals surface area contributed by atoms with Crippen molar-refractivity contribution >= 4 is 33.7 Å². The van der Waals surface area contributed by atoms with Crippen molar-refractivity contribution in [1.29, 1.82) is 0 Å². The quantitative estimate of drug-likeness (QED) is 0.183. The molecule has 1 N–H and O–H groups in total. The van der Waals surface area contributed by atoms with Crippen LogP contribution in [0.4, 0.5) is 9.18 Å². The van der Waals surface area contributed by atoms with Gasteiger partial charge in [0, 0.05) is 49.3 Å². The Labute approximate surface area is 295 Å². The van der Waals surface area contributed by atoms with Gasteiger partial charge in [0.25, 0.3) is 5.91 Å². The molecule has 6 aromatic rings. The number of carbonyl (C=O) groups excluding carboxylic acids is 2.